The van der Waals surface area contributed by atoms with E-state index in [0.29, 0.717) is 22.4 Å². The van der Waals surface area contributed by atoms with Crippen LogP contribution in [-0.4, -0.2) is 43.8 Å². The molecule has 43 heavy (non-hydrogen) atoms. The van der Waals surface area contributed by atoms with Gasteiger partial charge in [0.05, 0.1) is 21.2 Å². The molecule has 0 fully saturated rings. The van der Waals surface area contributed by atoms with E-state index in [0.717, 1.165) is 17.7 Å². The number of nitrogens with one attached hydrogen (secondary N) is 1. The molecule has 12 heteroatoms. The molecule has 0 unspecified atom stereocenters. The number of aryl methyl sites for hydroxylation is 1. The van der Waals surface area contributed by atoms with Crippen molar-refractivity contribution in [2.45, 2.75) is 70.2 Å². The molecular weight excluding hydrogens is 603 g/mol. The first-order valence-corrected chi connectivity index (χ1v) is 15.6. The summed E-state index contributed by atoms with van der Waals surface area (Å²) >= 11 is 6.30. The average molecular weight is 638 g/mol. The van der Waals surface area contributed by atoms with Gasteiger partial charge in [0.2, 0.25) is 11.8 Å². The highest BCUT2D eigenvalue weighted by molar-refractivity contribution is 7.92. The van der Waals surface area contributed by atoms with Crippen LogP contribution in [-0.2, 0) is 32.3 Å². The lowest BCUT2D eigenvalue weighted by atomic mass is 10.1. The summed E-state index contributed by atoms with van der Waals surface area (Å²) in [7, 11) is -4.59. The molecule has 0 spiro atoms. The van der Waals surface area contributed by atoms with Gasteiger partial charge in [0.15, 0.2) is 0 Å². The third kappa shape index (κ3) is 8.51. The van der Waals surface area contributed by atoms with E-state index in [1.807, 2.05) is 32.9 Å². The molecule has 3 aromatic carbocycles. The van der Waals surface area contributed by atoms with Gasteiger partial charge in [-0.15, -0.1) is 0 Å². The number of halogens is 4. The van der Waals surface area contributed by atoms with Gasteiger partial charge >= 0.3 is 6.18 Å². The highest BCUT2D eigenvalue weighted by atomic mass is 35.5. The molecule has 0 aliphatic rings. The second kappa shape index (κ2) is 14.3. The largest absolute Gasteiger partial charge is 0.416 e. The number of rotatable bonds is 12. The first-order chi connectivity index (χ1) is 20.2. The zero-order chi connectivity index (χ0) is 31.9. The lowest BCUT2D eigenvalue weighted by molar-refractivity contribution is -0.140. The molecule has 7 nitrogen and oxygen atoms in total. The van der Waals surface area contributed by atoms with Crippen LogP contribution in [0, 0.1) is 6.92 Å². The zero-order valence-corrected chi connectivity index (χ0v) is 25.9. The molecule has 1 N–H and O–H groups in total. The first kappa shape index (κ1) is 33.9. The van der Waals surface area contributed by atoms with Gasteiger partial charge in [-0.2, -0.15) is 13.2 Å². The van der Waals surface area contributed by atoms with Gasteiger partial charge in [-0.25, -0.2) is 8.42 Å². The van der Waals surface area contributed by atoms with E-state index in [-0.39, 0.29) is 28.9 Å². The molecule has 0 bridgehead atoms. The van der Waals surface area contributed by atoms with Crippen molar-refractivity contribution in [1.82, 2.24) is 10.2 Å². The molecule has 232 valence electrons. The van der Waals surface area contributed by atoms with Crippen LogP contribution in [0.15, 0.2) is 77.7 Å². The summed E-state index contributed by atoms with van der Waals surface area (Å²) in [5.41, 5.74) is -0.0476. The van der Waals surface area contributed by atoms with Crippen LogP contribution >= 0.6 is 11.6 Å². The Balaban J connectivity index is 2.15. The van der Waals surface area contributed by atoms with E-state index in [9.17, 15) is 31.2 Å². The number of benzene rings is 3. The van der Waals surface area contributed by atoms with Crippen molar-refractivity contribution in [2.75, 3.05) is 10.8 Å². The second-order valence-corrected chi connectivity index (χ2v) is 12.5. The summed E-state index contributed by atoms with van der Waals surface area (Å²) in [4.78, 5) is 28.5. The van der Waals surface area contributed by atoms with Gasteiger partial charge in [-0.3, -0.25) is 13.9 Å². The number of alkyl halides is 3. The number of hydrogen-bond donors (Lipinski definition) is 1. The van der Waals surface area contributed by atoms with Crippen molar-refractivity contribution >= 4 is 39.1 Å². The molecule has 0 saturated carbocycles. The molecule has 0 aromatic heterocycles. The monoisotopic (exact) mass is 637 g/mol. The van der Waals surface area contributed by atoms with Crippen LogP contribution < -0.4 is 9.62 Å². The smallest absolute Gasteiger partial charge is 0.352 e. The van der Waals surface area contributed by atoms with Crippen LogP contribution in [0.2, 0.25) is 5.02 Å². The number of amides is 2. The Morgan fingerprint density at radius 3 is 2.21 bits per heavy atom. The molecule has 0 radical (unpaired) electrons. The van der Waals surface area contributed by atoms with Crippen molar-refractivity contribution in [3.8, 4) is 0 Å². The average Bonchev–Trinajstić information content (AvgIpc) is 2.95. The molecule has 0 aliphatic heterocycles. The highest BCUT2D eigenvalue weighted by Crippen LogP contribution is 2.37. The SMILES string of the molecule is CC[C@@H](C)NC(=O)[C@@H](CC)N(Cc1cccc(C)c1)C(=O)CN(c1cc(C(F)(F)F)ccc1Cl)S(=O)(=O)c1ccccc1. The van der Waals surface area contributed by atoms with Crippen LogP contribution in [0.1, 0.15) is 50.3 Å². The Kier molecular flexibility index (Phi) is 11.3. The minimum Gasteiger partial charge on any atom is -0.352 e. The molecule has 0 saturated heterocycles. The van der Waals surface area contributed by atoms with Gasteiger partial charge < -0.3 is 10.2 Å². The number of carbonyl (C=O) groups excluding carboxylic acids is 2. The summed E-state index contributed by atoms with van der Waals surface area (Å²) in [5, 5.41) is 2.58. The number of nitrogens with zero attached hydrogens (tertiary/aromatic N) is 2. The molecule has 3 aromatic rings. The third-order valence-corrected chi connectivity index (χ3v) is 9.07. The topological polar surface area (TPSA) is 86.8 Å². The predicted octanol–water partition coefficient (Wildman–Crippen LogP) is 6.58. The Bertz CT molecular complexity index is 1530. The fraction of sp³-hybridized carbons (Fsp3) is 0.355. The normalized spacial score (nSPS) is 13.2. The van der Waals surface area contributed by atoms with Crippen molar-refractivity contribution in [3.63, 3.8) is 0 Å². The minimum absolute atomic E-state index is 0.0392. The van der Waals surface area contributed by atoms with Gasteiger partial charge in [-0.05, 0) is 62.6 Å². The summed E-state index contributed by atoms with van der Waals surface area (Å²) in [6.45, 7) is 6.36. The van der Waals surface area contributed by atoms with E-state index in [1.54, 1.807) is 25.1 Å². The molecule has 2 atom stereocenters. The van der Waals surface area contributed by atoms with E-state index >= 15 is 0 Å². The quantitative estimate of drug-likeness (QED) is 0.243. The van der Waals surface area contributed by atoms with E-state index in [2.05, 4.69) is 5.32 Å². The third-order valence-electron chi connectivity index (χ3n) is 6.97. The zero-order valence-electron chi connectivity index (χ0n) is 24.4. The number of anilines is 1. The molecular formula is C31H35ClF3N3O4S. The fourth-order valence-corrected chi connectivity index (χ4v) is 6.20. The van der Waals surface area contributed by atoms with Gasteiger partial charge in [0, 0.05) is 12.6 Å². The number of hydrogen-bond acceptors (Lipinski definition) is 4. The molecule has 0 aliphatic carbocycles. The lowest BCUT2D eigenvalue weighted by Gasteiger charge is -2.34. The lowest BCUT2D eigenvalue weighted by Crippen LogP contribution is -2.53. The fourth-order valence-electron chi connectivity index (χ4n) is 4.48. The maximum absolute atomic E-state index is 14.1. The van der Waals surface area contributed by atoms with Gasteiger partial charge in [-0.1, -0.05) is 73.5 Å². The van der Waals surface area contributed by atoms with Crippen LogP contribution in [0.4, 0.5) is 18.9 Å². The second-order valence-electron chi connectivity index (χ2n) is 10.2. The molecule has 3 rings (SSSR count). The summed E-state index contributed by atoms with van der Waals surface area (Å²) in [6, 6.07) is 15.4. The Morgan fingerprint density at radius 2 is 1.63 bits per heavy atom. The predicted molar refractivity (Wildman–Crippen MR) is 161 cm³/mol. The summed E-state index contributed by atoms with van der Waals surface area (Å²) in [6.07, 6.45) is -3.95. The van der Waals surface area contributed by atoms with Crippen LogP contribution in [0.3, 0.4) is 0 Å². The van der Waals surface area contributed by atoms with Crippen molar-refractivity contribution < 1.29 is 31.2 Å². The van der Waals surface area contributed by atoms with Gasteiger partial charge in [0.25, 0.3) is 10.0 Å². The maximum Gasteiger partial charge on any atom is 0.416 e. The van der Waals surface area contributed by atoms with E-state index in [1.165, 1.54) is 29.2 Å². The first-order valence-electron chi connectivity index (χ1n) is 13.8. The summed E-state index contributed by atoms with van der Waals surface area (Å²) < 4.78 is 69.4. The number of sulfonamides is 1. The molecule has 0 heterocycles. The Labute approximate surface area is 255 Å². The van der Waals surface area contributed by atoms with Gasteiger partial charge in [0.1, 0.15) is 12.6 Å². The van der Waals surface area contributed by atoms with E-state index < -0.39 is 51.9 Å². The highest BCUT2D eigenvalue weighted by Gasteiger charge is 2.37. The van der Waals surface area contributed by atoms with Crippen molar-refractivity contribution in [1.29, 1.82) is 0 Å². The standard InChI is InChI=1S/C31H35ClF3N3O4S/c1-5-22(4)36-30(40)27(6-2)37(19-23-12-10-11-21(3)17-23)29(39)20-38(43(41,42)25-13-8-7-9-14-25)28-18-24(31(33,34)35)15-16-26(28)32/h7-18,22,27H,5-6,19-20H2,1-4H3,(H,36,40)/t22-,27-/m1/s1. The van der Waals surface area contributed by atoms with Crippen LogP contribution in [0.5, 0.6) is 0 Å². The minimum atomic E-state index is -4.80. The maximum atomic E-state index is 14.1. The Morgan fingerprint density at radius 1 is 0.953 bits per heavy atom. The van der Waals surface area contributed by atoms with Crippen molar-refractivity contribution in [2.24, 2.45) is 0 Å². The van der Waals surface area contributed by atoms with Crippen LogP contribution in [0.25, 0.3) is 0 Å². The number of carbonyl (C=O) groups is 2. The molecule has 2 amide bonds. The Hall–Kier alpha value is -3.57. The van der Waals surface area contributed by atoms with E-state index in [4.69, 9.17) is 11.6 Å². The summed E-state index contributed by atoms with van der Waals surface area (Å²) in [5.74, 6) is -1.21. The van der Waals surface area contributed by atoms with Crippen molar-refractivity contribution in [3.05, 3.63) is 94.5 Å².